The minimum Gasteiger partial charge on any atom is -0.495 e. The van der Waals surface area contributed by atoms with E-state index in [2.05, 4.69) is 15.6 Å². The van der Waals surface area contributed by atoms with Gasteiger partial charge in [-0.2, -0.15) is 0 Å². The Kier molecular flexibility index (Phi) is 6.36. The fourth-order valence-corrected chi connectivity index (χ4v) is 2.22. The summed E-state index contributed by atoms with van der Waals surface area (Å²) in [6, 6.07) is 9.64. The molecular formula is C18H20ClN3O3. The van der Waals surface area contributed by atoms with Gasteiger partial charge in [0.15, 0.2) is 0 Å². The number of pyridine rings is 1. The highest BCUT2D eigenvalue weighted by molar-refractivity contribution is 6.31. The molecule has 1 unspecified atom stereocenters. The molecule has 0 saturated carbocycles. The van der Waals surface area contributed by atoms with E-state index >= 15 is 0 Å². The Morgan fingerprint density at radius 2 is 1.88 bits per heavy atom. The molecule has 132 valence electrons. The molecule has 0 saturated heterocycles. The number of aromatic nitrogens is 1. The second kappa shape index (κ2) is 8.48. The zero-order valence-electron chi connectivity index (χ0n) is 14.3. The molecule has 6 nitrogen and oxygen atoms in total. The number of carbonyl (C=O) groups is 2. The van der Waals surface area contributed by atoms with Crippen LogP contribution in [0.4, 0.5) is 5.69 Å². The van der Waals surface area contributed by atoms with E-state index in [-0.39, 0.29) is 23.3 Å². The van der Waals surface area contributed by atoms with Gasteiger partial charge < -0.3 is 15.4 Å². The van der Waals surface area contributed by atoms with Gasteiger partial charge in [0.1, 0.15) is 17.1 Å². The topological polar surface area (TPSA) is 80.3 Å². The van der Waals surface area contributed by atoms with E-state index in [0.29, 0.717) is 16.5 Å². The van der Waals surface area contributed by atoms with E-state index < -0.39 is 5.91 Å². The zero-order valence-corrected chi connectivity index (χ0v) is 15.1. The van der Waals surface area contributed by atoms with Crippen LogP contribution in [0.5, 0.6) is 5.75 Å². The summed E-state index contributed by atoms with van der Waals surface area (Å²) >= 11 is 5.96. The van der Waals surface area contributed by atoms with E-state index in [9.17, 15) is 9.59 Å². The maximum absolute atomic E-state index is 12.4. The monoisotopic (exact) mass is 361 g/mol. The number of anilines is 1. The van der Waals surface area contributed by atoms with E-state index in [1.165, 1.54) is 13.2 Å². The Labute approximate surface area is 151 Å². The molecule has 0 aliphatic heterocycles. The lowest BCUT2D eigenvalue weighted by molar-refractivity contribution is 0.0934. The van der Waals surface area contributed by atoms with Crippen molar-refractivity contribution in [2.45, 2.75) is 26.3 Å². The van der Waals surface area contributed by atoms with Crippen LogP contribution in [0, 0.1) is 0 Å². The van der Waals surface area contributed by atoms with Crippen molar-refractivity contribution < 1.29 is 14.3 Å². The SMILES string of the molecule is CCC(C)NC(=O)c1cccc(C(=O)Nc2cc(Cl)ccc2OC)n1. The lowest BCUT2D eigenvalue weighted by Crippen LogP contribution is -2.32. The number of carbonyl (C=O) groups excluding carboxylic acids is 2. The maximum Gasteiger partial charge on any atom is 0.274 e. The largest absolute Gasteiger partial charge is 0.495 e. The average molecular weight is 362 g/mol. The van der Waals surface area contributed by atoms with Crippen molar-refractivity contribution in [1.82, 2.24) is 10.3 Å². The molecule has 2 aromatic rings. The molecule has 7 heteroatoms. The third-order valence-electron chi connectivity index (χ3n) is 3.61. The number of methoxy groups -OCH3 is 1. The van der Waals surface area contributed by atoms with Crippen LogP contribution in [0.15, 0.2) is 36.4 Å². The van der Waals surface area contributed by atoms with Gasteiger partial charge in [-0.25, -0.2) is 4.98 Å². The first-order valence-electron chi connectivity index (χ1n) is 7.87. The quantitative estimate of drug-likeness (QED) is 0.824. The lowest BCUT2D eigenvalue weighted by atomic mass is 10.2. The number of halogens is 1. The van der Waals surface area contributed by atoms with Gasteiger partial charge in [-0.15, -0.1) is 0 Å². The Morgan fingerprint density at radius 1 is 1.20 bits per heavy atom. The van der Waals surface area contributed by atoms with Crippen molar-refractivity contribution in [3.8, 4) is 5.75 Å². The molecule has 0 bridgehead atoms. The van der Waals surface area contributed by atoms with Crippen LogP contribution >= 0.6 is 11.6 Å². The highest BCUT2D eigenvalue weighted by atomic mass is 35.5. The highest BCUT2D eigenvalue weighted by Gasteiger charge is 2.15. The molecule has 1 aromatic heterocycles. The van der Waals surface area contributed by atoms with E-state index in [4.69, 9.17) is 16.3 Å². The third kappa shape index (κ3) is 4.93. The van der Waals surface area contributed by atoms with Crippen LogP contribution in [0.1, 0.15) is 41.2 Å². The summed E-state index contributed by atoms with van der Waals surface area (Å²) in [4.78, 5) is 28.7. The number of amides is 2. The standard InChI is InChI=1S/C18H20ClN3O3/c1-4-11(2)20-17(23)13-6-5-7-14(21-13)18(24)22-15-10-12(19)8-9-16(15)25-3/h5-11H,4H2,1-3H3,(H,20,23)(H,22,24). The minimum atomic E-state index is -0.459. The van der Waals surface area contributed by atoms with E-state index in [1.54, 1.807) is 30.3 Å². The lowest BCUT2D eigenvalue weighted by Gasteiger charge is -2.12. The minimum absolute atomic E-state index is 0.0301. The molecule has 2 rings (SSSR count). The molecule has 1 heterocycles. The maximum atomic E-state index is 12.4. The van der Waals surface area contributed by atoms with Crippen LogP contribution in [0.25, 0.3) is 0 Å². The Bertz CT molecular complexity index is 780. The summed E-state index contributed by atoms with van der Waals surface area (Å²) in [5.74, 6) is -0.300. The molecule has 0 spiro atoms. The van der Waals surface area contributed by atoms with Crippen LogP contribution < -0.4 is 15.4 Å². The number of ether oxygens (including phenoxy) is 1. The third-order valence-corrected chi connectivity index (χ3v) is 3.85. The van der Waals surface area contributed by atoms with Crippen molar-refractivity contribution in [2.24, 2.45) is 0 Å². The van der Waals surface area contributed by atoms with Gasteiger partial charge in [0, 0.05) is 11.1 Å². The number of rotatable bonds is 6. The number of nitrogens with zero attached hydrogens (tertiary/aromatic N) is 1. The fourth-order valence-electron chi connectivity index (χ4n) is 2.05. The Morgan fingerprint density at radius 3 is 2.52 bits per heavy atom. The molecular weight excluding hydrogens is 342 g/mol. The summed E-state index contributed by atoms with van der Waals surface area (Å²) in [5.41, 5.74) is 0.737. The average Bonchev–Trinajstić information content (AvgIpc) is 2.61. The van der Waals surface area contributed by atoms with E-state index in [1.807, 2.05) is 13.8 Å². The summed E-state index contributed by atoms with van der Waals surface area (Å²) < 4.78 is 5.20. The molecule has 0 radical (unpaired) electrons. The molecule has 2 amide bonds. The van der Waals surface area contributed by atoms with Crippen LogP contribution in [0.3, 0.4) is 0 Å². The van der Waals surface area contributed by atoms with Crippen LogP contribution in [-0.2, 0) is 0 Å². The van der Waals surface area contributed by atoms with Crippen molar-refractivity contribution in [3.05, 3.63) is 52.8 Å². The summed E-state index contributed by atoms with van der Waals surface area (Å²) in [7, 11) is 1.50. The second-order valence-electron chi connectivity index (χ2n) is 5.49. The van der Waals surface area contributed by atoms with Gasteiger partial charge in [0.25, 0.3) is 11.8 Å². The summed E-state index contributed by atoms with van der Waals surface area (Å²) in [6.07, 6.45) is 0.806. The fraction of sp³-hybridized carbons (Fsp3) is 0.278. The van der Waals surface area contributed by atoms with Gasteiger partial charge in [0.05, 0.1) is 12.8 Å². The highest BCUT2D eigenvalue weighted by Crippen LogP contribution is 2.27. The predicted octanol–water partition coefficient (Wildman–Crippen LogP) is 3.52. The second-order valence-corrected chi connectivity index (χ2v) is 5.93. The Balaban J connectivity index is 2.19. The molecule has 0 aliphatic rings. The smallest absolute Gasteiger partial charge is 0.274 e. The first kappa shape index (κ1) is 18.7. The van der Waals surface area contributed by atoms with Crippen molar-refractivity contribution in [3.63, 3.8) is 0 Å². The normalized spacial score (nSPS) is 11.5. The van der Waals surface area contributed by atoms with Crippen LogP contribution in [0.2, 0.25) is 5.02 Å². The summed E-state index contributed by atoms with van der Waals surface area (Å²) in [5, 5.41) is 5.97. The molecule has 1 aromatic carbocycles. The molecule has 1 atom stereocenters. The first-order valence-corrected chi connectivity index (χ1v) is 8.25. The molecule has 0 aliphatic carbocycles. The molecule has 0 fully saturated rings. The number of nitrogens with one attached hydrogen (secondary N) is 2. The predicted molar refractivity (Wildman–Crippen MR) is 97.4 cm³/mol. The van der Waals surface area contributed by atoms with Crippen molar-refractivity contribution in [2.75, 3.05) is 12.4 Å². The Hall–Kier alpha value is -2.60. The molecule has 25 heavy (non-hydrogen) atoms. The summed E-state index contributed by atoms with van der Waals surface area (Å²) in [6.45, 7) is 3.88. The number of hydrogen-bond donors (Lipinski definition) is 2. The van der Waals surface area contributed by atoms with Crippen LogP contribution in [-0.4, -0.2) is 29.9 Å². The van der Waals surface area contributed by atoms with Crippen molar-refractivity contribution in [1.29, 1.82) is 0 Å². The van der Waals surface area contributed by atoms with Gasteiger partial charge >= 0.3 is 0 Å². The van der Waals surface area contributed by atoms with Gasteiger partial charge in [-0.3, -0.25) is 9.59 Å². The number of hydrogen-bond acceptors (Lipinski definition) is 4. The van der Waals surface area contributed by atoms with Gasteiger partial charge in [-0.1, -0.05) is 24.6 Å². The van der Waals surface area contributed by atoms with E-state index in [0.717, 1.165) is 6.42 Å². The first-order chi connectivity index (χ1) is 11.9. The van der Waals surface area contributed by atoms with Crippen molar-refractivity contribution >= 4 is 29.1 Å². The molecule has 2 N–H and O–H groups in total. The van der Waals surface area contributed by atoms with Gasteiger partial charge in [-0.05, 0) is 43.7 Å². The van der Waals surface area contributed by atoms with Gasteiger partial charge in [0.2, 0.25) is 0 Å². The number of benzene rings is 1. The zero-order chi connectivity index (χ0) is 18.4.